The molecular weight excluding hydrogens is 558 g/mol. The first-order valence-corrected chi connectivity index (χ1v) is 16.0. The van der Waals surface area contributed by atoms with Crippen LogP contribution in [0.15, 0.2) is 78.9 Å². The van der Waals surface area contributed by atoms with Gasteiger partial charge in [-0.25, -0.2) is 8.42 Å². The van der Waals surface area contributed by atoms with Gasteiger partial charge in [0.25, 0.3) is 0 Å². The molecule has 0 aliphatic carbocycles. The van der Waals surface area contributed by atoms with E-state index in [0.29, 0.717) is 17.3 Å². The first kappa shape index (κ1) is 32.2. The largest absolute Gasteiger partial charge is 0.354 e. The van der Waals surface area contributed by atoms with Gasteiger partial charge in [0.15, 0.2) is 0 Å². The third-order valence-corrected chi connectivity index (χ3v) is 8.07. The maximum absolute atomic E-state index is 14.2. The Morgan fingerprint density at radius 1 is 0.878 bits per heavy atom. The van der Waals surface area contributed by atoms with E-state index >= 15 is 0 Å². The predicted molar refractivity (Wildman–Crippen MR) is 167 cm³/mol. The van der Waals surface area contributed by atoms with Crippen LogP contribution in [0.25, 0.3) is 0 Å². The van der Waals surface area contributed by atoms with Crippen molar-refractivity contribution in [1.82, 2.24) is 10.2 Å². The normalized spacial score (nSPS) is 12.3. The fraction of sp³-hybridized carbons (Fsp3) is 0.375. The first-order valence-electron chi connectivity index (χ1n) is 13.8. The maximum atomic E-state index is 14.2. The van der Waals surface area contributed by atoms with E-state index in [1.807, 2.05) is 76.2 Å². The van der Waals surface area contributed by atoms with Crippen molar-refractivity contribution in [2.24, 2.45) is 5.92 Å². The molecule has 3 aromatic carbocycles. The van der Waals surface area contributed by atoms with E-state index in [9.17, 15) is 18.0 Å². The van der Waals surface area contributed by atoms with Crippen LogP contribution in [0.3, 0.4) is 0 Å². The smallest absolute Gasteiger partial charge is 0.244 e. The second-order valence-electron chi connectivity index (χ2n) is 11.0. The van der Waals surface area contributed by atoms with Crippen molar-refractivity contribution < 1.29 is 18.0 Å². The highest BCUT2D eigenvalue weighted by Crippen LogP contribution is 2.29. The average molecular weight is 598 g/mol. The molecule has 9 heteroatoms. The monoisotopic (exact) mass is 597 g/mol. The number of benzene rings is 3. The highest BCUT2D eigenvalue weighted by Gasteiger charge is 2.33. The van der Waals surface area contributed by atoms with Gasteiger partial charge in [-0.2, -0.15) is 0 Å². The van der Waals surface area contributed by atoms with E-state index in [2.05, 4.69) is 5.32 Å². The molecule has 0 spiro atoms. The van der Waals surface area contributed by atoms with Crippen LogP contribution in [-0.2, 0) is 32.6 Å². The lowest BCUT2D eigenvalue weighted by Crippen LogP contribution is -2.53. The number of anilines is 1. The molecule has 0 heterocycles. The summed E-state index contributed by atoms with van der Waals surface area (Å²) in [7, 11) is -3.84. The molecule has 0 radical (unpaired) electrons. The van der Waals surface area contributed by atoms with Gasteiger partial charge in [-0.3, -0.25) is 13.9 Å². The highest BCUT2D eigenvalue weighted by atomic mass is 35.5. The summed E-state index contributed by atoms with van der Waals surface area (Å²) in [5, 5.41) is 3.49. The van der Waals surface area contributed by atoms with E-state index in [1.54, 1.807) is 30.3 Å². The molecule has 0 bridgehead atoms. The van der Waals surface area contributed by atoms with Crippen LogP contribution in [0.4, 0.5) is 5.69 Å². The summed E-state index contributed by atoms with van der Waals surface area (Å²) in [6.45, 7) is 8.01. The van der Waals surface area contributed by atoms with Crippen molar-refractivity contribution in [3.63, 3.8) is 0 Å². The first-order chi connectivity index (χ1) is 19.4. The van der Waals surface area contributed by atoms with Gasteiger partial charge in [-0.1, -0.05) is 100.0 Å². The molecule has 0 fully saturated rings. The van der Waals surface area contributed by atoms with Gasteiger partial charge in [0.1, 0.15) is 12.6 Å². The van der Waals surface area contributed by atoms with Crippen molar-refractivity contribution in [3.8, 4) is 0 Å². The second kappa shape index (κ2) is 14.5. The summed E-state index contributed by atoms with van der Waals surface area (Å²) in [5.41, 5.74) is 2.87. The molecule has 0 aliphatic rings. The fourth-order valence-electron chi connectivity index (χ4n) is 4.61. The van der Waals surface area contributed by atoms with Gasteiger partial charge in [-0.05, 0) is 46.7 Å². The minimum absolute atomic E-state index is 0.0285. The van der Waals surface area contributed by atoms with Crippen LogP contribution in [0.2, 0.25) is 5.02 Å². The molecule has 0 saturated heterocycles. The van der Waals surface area contributed by atoms with E-state index in [0.717, 1.165) is 27.3 Å². The number of rotatable bonds is 13. The zero-order chi connectivity index (χ0) is 30.2. The van der Waals surface area contributed by atoms with Gasteiger partial charge in [0.05, 0.1) is 11.9 Å². The third-order valence-electron chi connectivity index (χ3n) is 6.70. The number of para-hydroxylation sites is 1. The van der Waals surface area contributed by atoms with Crippen LogP contribution in [-0.4, -0.2) is 50.5 Å². The lowest BCUT2D eigenvalue weighted by molar-refractivity contribution is -0.140. The van der Waals surface area contributed by atoms with Gasteiger partial charge >= 0.3 is 0 Å². The van der Waals surface area contributed by atoms with Crippen LogP contribution < -0.4 is 9.62 Å². The zero-order valence-electron chi connectivity index (χ0n) is 24.4. The Balaban J connectivity index is 2.09. The summed E-state index contributed by atoms with van der Waals surface area (Å²) in [5.74, 6) is -0.552. The van der Waals surface area contributed by atoms with Crippen molar-refractivity contribution in [2.45, 2.75) is 52.6 Å². The number of nitrogens with zero attached hydrogens (tertiary/aromatic N) is 2. The van der Waals surface area contributed by atoms with Crippen molar-refractivity contribution >= 4 is 39.1 Å². The molecular formula is C32H40ClN3O4S. The van der Waals surface area contributed by atoms with Gasteiger partial charge < -0.3 is 10.2 Å². The summed E-state index contributed by atoms with van der Waals surface area (Å²) < 4.78 is 27.3. The number of hydrogen-bond donors (Lipinski definition) is 1. The van der Waals surface area contributed by atoms with E-state index in [4.69, 9.17) is 11.6 Å². The Hall–Kier alpha value is -3.36. The fourth-order valence-corrected chi connectivity index (χ4v) is 5.69. The Morgan fingerprint density at radius 3 is 2.12 bits per heavy atom. The molecule has 7 nitrogen and oxygen atoms in total. The molecule has 3 rings (SSSR count). The SMILES string of the molecule is CC(C)CNC(=O)C(Cc1ccccc1)N(Cc1cccc(Cl)c1)C(=O)CN(c1ccccc1C(C)C)S(C)(=O)=O. The number of halogens is 1. The van der Waals surface area contributed by atoms with Crippen molar-refractivity contribution in [1.29, 1.82) is 0 Å². The number of carbonyl (C=O) groups excluding carboxylic acids is 2. The molecule has 2 amide bonds. The lowest BCUT2D eigenvalue weighted by Gasteiger charge is -2.34. The number of sulfonamides is 1. The molecule has 1 unspecified atom stereocenters. The number of hydrogen-bond acceptors (Lipinski definition) is 4. The second-order valence-corrected chi connectivity index (χ2v) is 13.3. The van der Waals surface area contributed by atoms with Gasteiger partial charge in [0.2, 0.25) is 21.8 Å². The van der Waals surface area contributed by atoms with E-state index in [-0.39, 0.29) is 30.7 Å². The van der Waals surface area contributed by atoms with Gasteiger partial charge in [-0.15, -0.1) is 0 Å². The number of nitrogens with one attached hydrogen (secondary N) is 1. The summed E-state index contributed by atoms with van der Waals surface area (Å²) in [6, 6.07) is 22.9. The summed E-state index contributed by atoms with van der Waals surface area (Å²) in [4.78, 5) is 29.4. The number of carbonyl (C=O) groups is 2. The third kappa shape index (κ3) is 9.33. The molecule has 0 saturated carbocycles. The topological polar surface area (TPSA) is 86.8 Å². The van der Waals surface area contributed by atoms with E-state index in [1.165, 1.54) is 4.90 Å². The predicted octanol–water partition coefficient (Wildman–Crippen LogP) is 5.64. The van der Waals surface area contributed by atoms with Crippen LogP contribution in [0, 0.1) is 5.92 Å². The Kier molecular flexibility index (Phi) is 11.4. The maximum Gasteiger partial charge on any atom is 0.244 e. The molecule has 0 aromatic heterocycles. The lowest BCUT2D eigenvalue weighted by atomic mass is 10.0. The van der Waals surface area contributed by atoms with Gasteiger partial charge in [0, 0.05) is 24.5 Å². The highest BCUT2D eigenvalue weighted by molar-refractivity contribution is 7.92. The molecule has 1 atom stereocenters. The Bertz CT molecular complexity index is 1430. The Labute approximate surface area is 249 Å². The van der Waals surface area contributed by atoms with Crippen LogP contribution in [0.5, 0.6) is 0 Å². The van der Waals surface area contributed by atoms with Crippen LogP contribution >= 0.6 is 11.6 Å². The molecule has 1 N–H and O–H groups in total. The number of amides is 2. The average Bonchev–Trinajstić information content (AvgIpc) is 2.92. The standard InChI is InChI=1S/C32H40ClN3O4S/c1-23(2)20-34-32(38)30(19-25-12-7-6-8-13-25)35(21-26-14-11-15-27(33)18-26)31(37)22-36(41(5,39)40)29-17-10-9-16-28(29)24(3)4/h6-18,23-24,30H,19-22H2,1-5H3,(H,34,38). The minimum atomic E-state index is -3.84. The quantitative estimate of drug-likeness (QED) is 0.276. The van der Waals surface area contributed by atoms with E-state index < -0.39 is 28.5 Å². The van der Waals surface area contributed by atoms with Crippen molar-refractivity contribution in [2.75, 3.05) is 23.7 Å². The minimum Gasteiger partial charge on any atom is -0.354 e. The molecule has 41 heavy (non-hydrogen) atoms. The summed E-state index contributed by atoms with van der Waals surface area (Å²) >= 11 is 6.27. The van der Waals surface area contributed by atoms with Crippen LogP contribution in [0.1, 0.15) is 50.3 Å². The van der Waals surface area contributed by atoms with Crippen molar-refractivity contribution in [3.05, 3.63) is 101 Å². The Morgan fingerprint density at radius 2 is 1.51 bits per heavy atom. The molecule has 220 valence electrons. The molecule has 3 aromatic rings. The summed E-state index contributed by atoms with van der Waals surface area (Å²) in [6.07, 6.45) is 1.36. The zero-order valence-corrected chi connectivity index (χ0v) is 26.0. The molecule has 0 aliphatic heterocycles.